The van der Waals surface area contributed by atoms with E-state index in [1.54, 1.807) is 12.4 Å². The van der Waals surface area contributed by atoms with Crippen LogP contribution in [0.3, 0.4) is 0 Å². The number of anilines is 1. The van der Waals surface area contributed by atoms with Crippen LogP contribution in [0.15, 0.2) is 30.7 Å². The van der Waals surface area contributed by atoms with E-state index in [0.717, 1.165) is 18.7 Å². The van der Waals surface area contributed by atoms with E-state index in [1.807, 2.05) is 27.7 Å². The van der Waals surface area contributed by atoms with E-state index in [9.17, 15) is 4.79 Å². The summed E-state index contributed by atoms with van der Waals surface area (Å²) in [4.78, 5) is 12.3. The van der Waals surface area contributed by atoms with Gasteiger partial charge >= 0.3 is 0 Å². The minimum atomic E-state index is -0.0470. The highest BCUT2D eigenvalue weighted by molar-refractivity contribution is 5.91. The van der Waals surface area contributed by atoms with Crippen LogP contribution in [-0.2, 0) is 4.79 Å². The molecule has 0 aliphatic heterocycles. The Balaban J connectivity index is 1.50. The van der Waals surface area contributed by atoms with Crippen molar-refractivity contribution in [2.75, 3.05) is 11.9 Å². The Kier molecular flexibility index (Phi) is 5.30. The Hall–Kier alpha value is -2.15. The number of nitrogens with zero attached hydrogens (tertiary/aromatic N) is 4. The summed E-state index contributed by atoms with van der Waals surface area (Å²) in [5.74, 6) is 0.746. The van der Waals surface area contributed by atoms with Crippen LogP contribution in [0.25, 0.3) is 0 Å². The Bertz CT molecular complexity index is 644. The fraction of sp³-hybridized carbons (Fsp3) is 0.588. The molecule has 0 bridgehead atoms. The van der Waals surface area contributed by atoms with Crippen LogP contribution < -0.4 is 10.6 Å². The van der Waals surface area contributed by atoms with Crippen LogP contribution in [0.5, 0.6) is 0 Å². The third kappa shape index (κ3) is 3.84. The van der Waals surface area contributed by atoms with Gasteiger partial charge in [0, 0.05) is 24.5 Å². The van der Waals surface area contributed by atoms with Crippen LogP contribution in [-0.4, -0.2) is 38.1 Å². The number of hydrogen-bond donors (Lipinski definition) is 2. The molecule has 1 aliphatic rings. The Morgan fingerprint density at radius 1 is 1.29 bits per heavy atom. The number of amides is 1. The molecule has 2 aromatic heterocycles. The van der Waals surface area contributed by atoms with E-state index in [2.05, 4.69) is 34.7 Å². The monoisotopic (exact) mass is 330 g/mol. The highest BCUT2D eigenvalue weighted by Gasteiger charge is 2.21. The summed E-state index contributed by atoms with van der Waals surface area (Å²) >= 11 is 0. The zero-order valence-electron chi connectivity index (χ0n) is 14.4. The maximum atomic E-state index is 12.3. The van der Waals surface area contributed by atoms with Crippen molar-refractivity contribution in [1.82, 2.24) is 24.9 Å². The van der Waals surface area contributed by atoms with Crippen molar-refractivity contribution in [3.63, 3.8) is 0 Å². The van der Waals surface area contributed by atoms with Crippen molar-refractivity contribution >= 4 is 11.7 Å². The van der Waals surface area contributed by atoms with E-state index in [-0.39, 0.29) is 24.5 Å². The molecule has 24 heavy (non-hydrogen) atoms. The summed E-state index contributed by atoms with van der Waals surface area (Å²) < 4.78 is 3.85. The quantitative estimate of drug-likeness (QED) is 0.817. The molecule has 2 atom stereocenters. The minimum absolute atomic E-state index is 0.0470. The summed E-state index contributed by atoms with van der Waals surface area (Å²) in [6, 6.07) is 4.50. The van der Waals surface area contributed by atoms with Crippen molar-refractivity contribution in [1.29, 1.82) is 0 Å². The van der Waals surface area contributed by atoms with Crippen LogP contribution in [0.1, 0.15) is 51.6 Å². The lowest BCUT2D eigenvalue weighted by molar-refractivity contribution is -0.115. The second kappa shape index (κ2) is 7.61. The number of rotatable bonds is 7. The Morgan fingerprint density at radius 2 is 2.08 bits per heavy atom. The minimum Gasteiger partial charge on any atom is -0.310 e. The summed E-state index contributed by atoms with van der Waals surface area (Å²) in [5, 5.41) is 14.9. The van der Waals surface area contributed by atoms with Crippen molar-refractivity contribution < 1.29 is 4.79 Å². The van der Waals surface area contributed by atoms with Gasteiger partial charge in [0.25, 0.3) is 0 Å². The summed E-state index contributed by atoms with van der Waals surface area (Å²) in [7, 11) is 0. The van der Waals surface area contributed by atoms with Gasteiger partial charge in [-0.15, -0.1) is 0 Å². The number of carbonyl (C=O) groups is 1. The molecule has 0 spiro atoms. The first kappa shape index (κ1) is 16.7. The Morgan fingerprint density at radius 3 is 2.79 bits per heavy atom. The fourth-order valence-electron chi connectivity index (χ4n) is 3.21. The second-order valence-electron chi connectivity index (χ2n) is 6.54. The predicted molar refractivity (Wildman–Crippen MR) is 92.8 cm³/mol. The smallest absolute Gasteiger partial charge is 0.239 e. The van der Waals surface area contributed by atoms with Gasteiger partial charge in [0.15, 0.2) is 0 Å². The molecule has 7 heteroatoms. The predicted octanol–water partition coefficient (Wildman–Crippen LogP) is 2.37. The number of hydrogen-bond acceptors (Lipinski definition) is 4. The molecule has 2 aromatic rings. The van der Waals surface area contributed by atoms with Gasteiger partial charge in [-0.25, -0.2) is 4.68 Å². The van der Waals surface area contributed by atoms with Crippen molar-refractivity contribution in [2.45, 2.75) is 57.7 Å². The normalized spacial score (nSPS) is 17.8. The van der Waals surface area contributed by atoms with Crippen molar-refractivity contribution in [3.8, 4) is 0 Å². The third-order valence-corrected chi connectivity index (χ3v) is 4.86. The maximum absolute atomic E-state index is 12.3. The molecule has 1 amide bonds. The Labute approximate surface area is 142 Å². The number of carbonyl (C=O) groups excluding carboxylic acids is 1. The topological polar surface area (TPSA) is 76.8 Å². The molecule has 2 heterocycles. The van der Waals surface area contributed by atoms with Crippen LogP contribution in [0.2, 0.25) is 0 Å². The average molecular weight is 330 g/mol. The van der Waals surface area contributed by atoms with Gasteiger partial charge < -0.3 is 10.6 Å². The lowest BCUT2D eigenvalue weighted by atomic mass is 10.2. The van der Waals surface area contributed by atoms with E-state index in [1.165, 1.54) is 12.8 Å². The lowest BCUT2D eigenvalue weighted by Gasteiger charge is -2.21. The highest BCUT2D eigenvalue weighted by Crippen LogP contribution is 2.31. The van der Waals surface area contributed by atoms with Gasteiger partial charge in [-0.1, -0.05) is 12.8 Å². The van der Waals surface area contributed by atoms with Crippen LogP contribution in [0, 0.1) is 0 Å². The lowest BCUT2D eigenvalue weighted by Crippen LogP contribution is -2.39. The molecule has 1 aliphatic carbocycles. The molecular formula is C17H26N6O. The van der Waals surface area contributed by atoms with E-state index >= 15 is 0 Å². The molecule has 0 unspecified atom stereocenters. The number of aromatic nitrogens is 4. The molecule has 2 N–H and O–H groups in total. The first-order chi connectivity index (χ1) is 11.6. The first-order valence-corrected chi connectivity index (χ1v) is 8.71. The molecule has 0 radical (unpaired) electrons. The van der Waals surface area contributed by atoms with Crippen molar-refractivity contribution in [3.05, 3.63) is 30.7 Å². The molecular weight excluding hydrogens is 304 g/mol. The van der Waals surface area contributed by atoms with Crippen molar-refractivity contribution in [2.24, 2.45) is 0 Å². The summed E-state index contributed by atoms with van der Waals surface area (Å²) in [6.45, 7) is 4.41. The van der Waals surface area contributed by atoms with Crippen LogP contribution in [0.4, 0.5) is 5.82 Å². The second-order valence-corrected chi connectivity index (χ2v) is 6.54. The maximum Gasteiger partial charge on any atom is 0.239 e. The van der Waals surface area contributed by atoms with Gasteiger partial charge in [0.05, 0.1) is 24.8 Å². The zero-order valence-corrected chi connectivity index (χ0v) is 14.4. The summed E-state index contributed by atoms with van der Waals surface area (Å²) in [6.07, 6.45) is 10.2. The molecule has 7 nitrogen and oxygen atoms in total. The molecule has 130 valence electrons. The standard InChI is InChI=1S/C17H26N6O/c1-13(14(2)22-11-5-9-19-22)18-12-17(24)21-16-8-10-20-23(16)15-6-3-4-7-15/h5,8-11,13-15,18H,3-4,6-7,12H2,1-2H3,(H,21,24)/t13-,14-/m1/s1. The summed E-state index contributed by atoms with van der Waals surface area (Å²) in [5.41, 5.74) is 0. The third-order valence-electron chi connectivity index (χ3n) is 4.86. The molecule has 3 rings (SSSR count). The van der Waals surface area contributed by atoms with Gasteiger partial charge in [0.1, 0.15) is 5.82 Å². The van der Waals surface area contributed by atoms with Gasteiger partial charge in [0.2, 0.25) is 5.91 Å². The van der Waals surface area contributed by atoms with E-state index in [4.69, 9.17) is 0 Å². The molecule has 1 saturated carbocycles. The van der Waals surface area contributed by atoms with E-state index < -0.39 is 0 Å². The van der Waals surface area contributed by atoms with Crippen LogP contribution >= 0.6 is 0 Å². The number of nitrogens with one attached hydrogen (secondary N) is 2. The largest absolute Gasteiger partial charge is 0.310 e. The molecule has 0 saturated heterocycles. The fourth-order valence-corrected chi connectivity index (χ4v) is 3.21. The van der Waals surface area contributed by atoms with Gasteiger partial charge in [-0.05, 0) is 32.8 Å². The van der Waals surface area contributed by atoms with Gasteiger partial charge in [-0.3, -0.25) is 9.48 Å². The van der Waals surface area contributed by atoms with Gasteiger partial charge in [-0.2, -0.15) is 10.2 Å². The molecule has 0 aromatic carbocycles. The average Bonchev–Trinajstić information content (AvgIpc) is 3.32. The zero-order chi connectivity index (χ0) is 16.9. The molecule has 1 fully saturated rings. The first-order valence-electron chi connectivity index (χ1n) is 8.71. The highest BCUT2D eigenvalue weighted by atomic mass is 16.2. The SMILES string of the molecule is C[C@H]([C@@H](C)NCC(=O)Nc1ccnn1C1CCCC1)n1cccn1. The van der Waals surface area contributed by atoms with E-state index in [0.29, 0.717) is 6.04 Å².